The van der Waals surface area contributed by atoms with Crippen molar-refractivity contribution < 1.29 is 4.79 Å². The largest absolute Gasteiger partial charge is 0.337 e. The molecule has 1 amide bonds. The second-order valence-electron chi connectivity index (χ2n) is 5.32. The van der Waals surface area contributed by atoms with Crippen molar-refractivity contribution in [3.8, 4) is 6.07 Å². The number of hydrogen-bond donors (Lipinski definition) is 1. The van der Waals surface area contributed by atoms with E-state index in [0.29, 0.717) is 18.7 Å². The van der Waals surface area contributed by atoms with Gasteiger partial charge in [0.25, 0.3) is 0 Å². The molecule has 1 aromatic rings. The van der Waals surface area contributed by atoms with Gasteiger partial charge < -0.3 is 10.6 Å². The van der Waals surface area contributed by atoms with E-state index in [-0.39, 0.29) is 5.91 Å². The van der Waals surface area contributed by atoms with E-state index in [2.05, 4.69) is 19.9 Å². The van der Waals surface area contributed by atoms with Gasteiger partial charge in [0.2, 0.25) is 5.91 Å². The van der Waals surface area contributed by atoms with Gasteiger partial charge in [-0.3, -0.25) is 4.79 Å². The quantitative estimate of drug-likeness (QED) is 0.799. The van der Waals surface area contributed by atoms with Gasteiger partial charge in [-0.15, -0.1) is 0 Å². The normalized spacial score (nSPS) is 11.7. The molecule has 0 aliphatic heterocycles. The van der Waals surface area contributed by atoms with Crippen molar-refractivity contribution in [2.45, 2.75) is 52.1 Å². The third-order valence-corrected chi connectivity index (χ3v) is 3.45. The fourth-order valence-electron chi connectivity index (χ4n) is 2.22. The SMILES string of the molecule is CCCCC(N)C(=O)N(CCC)Cc1ccc(C#N)cc1. The monoisotopic (exact) mass is 287 g/mol. The average Bonchev–Trinajstić information content (AvgIpc) is 2.52. The predicted molar refractivity (Wildman–Crippen MR) is 84.4 cm³/mol. The van der Waals surface area contributed by atoms with Crippen molar-refractivity contribution in [2.24, 2.45) is 5.73 Å². The molecule has 4 nitrogen and oxygen atoms in total. The Morgan fingerprint density at radius 1 is 1.29 bits per heavy atom. The first-order valence-corrected chi connectivity index (χ1v) is 7.65. The second-order valence-corrected chi connectivity index (χ2v) is 5.32. The molecule has 1 aromatic carbocycles. The minimum atomic E-state index is -0.408. The Morgan fingerprint density at radius 2 is 1.95 bits per heavy atom. The number of nitrogens with zero attached hydrogens (tertiary/aromatic N) is 2. The molecule has 114 valence electrons. The maximum Gasteiger partial charge on any atom is 0.239 e. The molecule has 4 heteroatoms. The Labute approximate surface area is 127 Å². The van der Waals surface area contributed by atoms with Crippen molar-refractivity contribution in [2.75, 3.05) is 6.54 Å². The summed E-state index contributed by atoms with van der Waals surface area (Å²) in [5.74, 6) is 0.0228. The Balaban J connectivity index is 2.71. The summed E-state index contributed by atoms with van der Waals surface area (Å²) in [6.45, 7) is 5.41. The summed E-state index contributed by atoms with van der Waals surface area (Å²) in [6.07, 6.45) is 3.67. The van der Waals surface area contributed by atoms with E-state index in [1.807, 2.05) is 17.0 Å². The lowest BCUT2D eigenvalue weighted by Crippen LogP contribution is -2.43. The lowest BCUT2D eigenvalue weighted by molar-refractivity contribution is -0.133. The molecular formula is C17H25N3O. The van der Waals surface area contributed by atoms with E-state index in [0.717, 1.165) is 31.2 Å². The molecule has 1 rings (SSSR count). The van der Waals surface area contributed by atoms with Crippen LogP contribution in [0.1, 0.15) is 50.7 Å². The zero-order chi connectivity index (χ0) is 15.7. The number of unbranched alkanes of at least 4 members (excludes halogenated alkanes) is 1. The van der Waals surface area contributed by atoms with E-state index in [9.17, 15) is 4.79 Å². The minimum absolute atomic E-state index is 0.0228. The van der Waals surface area contributed by atoms with Crippen molar-refractivity contribution >= 4 is 5.91 Å². The average molecular weight is 287 g/mol. The van der Waals surface area contributed by atoms with Gasteiger partial charge in [-0.05, 0) is 30.5 Å². The first kappa shape index (κ1) is 17.2. The summed E-state index contributed by atoms with van der Waals surface area (Å²) in [6, 6.07) is 9.04. The van der Waals surface area contributed by atoms with E-state index in [1.54, 1.807) is 12.1 Å². The van der Waals surface area contributed by atoms with Crippen LogP contribution in [0.15, 0.2) is 24.3 Å². The van der Waals surface area contributed by atoms with Crippen LogP contribution in [0.5, 0.6) is 0 Å². The smallest absolute Gasteiger partial charge is 0.239 e. The number of hydrogen-bond acceptors (Lipinski definition) is 3. The fourth-order valence-corrected chi connectivity index (χ4v) is 2.22. The van der Waals surface area contributed by atoms with Gasteiger partial charge in [0.15, 0.2) is 0 Å². The summed E-state index contributed by atoms with van der Waals surface area (Å²) in [4.78, 5) is 14.2. The highest BCUT2D eigenvalue weighted by molar-refractivity contribution is 5.81. The first-order valence-electron chi connectivity index (χ1n) is 7.65. The molecule has 0 fully saturated rings. The van der Waals surface area contributed by atoms with Crippen LogP contribution in [-0.2, 0) is 11.3 Å². The highest BCUT2D eigenvalue weighted by atomic mass is 16.2. The van der Waals surface area contributed by atoms with Crippen molar-refractivity contribution in [1.29, 1.82) is 5.26 Å². The lowest BCUT2D eigenvalue weighted by atomic mass is 10.1. The van der Waals surface area contributed by atoms with Gasteiger partial charge in [0.05, 0.1) is 17.7 Å². The highest BCUT2D eigenvalue weighted by Gasteiger charge is 2.20. The van der Waals surface area contributed by atoms with Gasteiger partial charge >= 0.3 is 0 Å². The number of rotatable bonds is 8. The van der Waals surface area contributed by atoms with Crippen molar-refractivity contribution in [3.05, 3.63) is 35.4 Å². The number of carbonyl (C=O) groups is 1. The standard InChI is InChI=1S/C17H25N3O/c1-3-5-6-16(19)17(21)20(11-4-2)13-15-9-7-14(12-18)8-10-15/h7-10,16H,3-6,11,13,19H2,1-2H3. The lowest BCUT2D eigenvalue weighted by Gasteiger charge is -2.25. The third-order valence-electron chi connectivity index (χ3n) is 3.45. The second kappa shape index (κ2) is 9.15. The Hall–Kier alpha value is -1.86. The number of amides is 1. The summed E-state index contributed by atoms with van der Waals surface area (Å²) < 4.78 is 0. The number of carbonyl (C=O) groups excluding carboxylic acids is 1. The summed E-state index contributed by atoms with van der Waals surface area (Å²) in [5, 5.41) is 8.81. The zero-order valence-corrected chi connectivity index (χ0v) is 13.0. The summed E-state index contributed by atoms with van der Waals surface area (Å²) in [5.41, 5.74) is 7.66. The molecule has 2 N–H and O–H groups in total. The molecule has 0 aliphatic rings. The molecule has 0 saturated heterocycles. The van der Waals surface area contributed by atoms with Crippen LogP contribution in [0.3, 0.4) is 0 Å². The number of nitrogens with two attached hydrogens (primary N) is 1. The highest BCUT2D eigenvalue weighted by Crippen LogP contribution is 2.10. The molecule has 0 aromatic heterocycles. The third kappa shape index (κ3) is 5.57. The Bertz CT molecular complexity index is 476. The van der Waals surface area contributed by atoms with Crippen molar-refractivity contribution in [1.82, 2.24) is 4.90 Å². The molecule has 1 atom stereocenters. The predicted octanol–water partition coefficient (Wildman–Crippen LogP) is 2.81. The molecule has 0 saturated carbocycles. The van der Waals surface area contributed by atoms with Crippen LogP contribution < -0.4 is 5.73 Å². The molecule has 0 bridgehead atoms. The molecule has 0 heterocycles. The number of benzene rings is 1. The Morgan fingerprint density at radius 3 is 2.48 bits per heavy atom. The topological polar surface area (TPSA) is 70.1 Å². The minimum Gasteiger partial charge on any atom is -0.337 e. The Kier molecular flexibility index (Phi) is 7.49. The van der Waals surface area contributed by atoms with Gasteiger partial charge in [0.1, 0.15) is 0 Å². The van der Waals surface area contributed by atoms with Gasteiger partial charge in [-0.2, -0.15) is 5.26 Å². The van der Waals surface area contributed by atoms with Crippen LogP contribution in [0.2, 0.25) is 0 Å². The van der Waals surface area contributed by atoms with Crippen molar-refractivity contribution in [3.63, 3.8) is 0 Å². The van der Waals surface area contributed by atoms with Crippen LogP contribution >= 0.6 is 0 Å². The van der Waals surface area contributed by atoms with E-state index < -0.39 is 6.04 Å². The molecule has 21 heavy (non-hydrogen) atoms. The number of nitriles is 1. The van der Waals surface area contributed by atoms with E-state index in [4.69, 9.17) is 11.0 Å². The van der Waals surface area contributed by atoms with Crippen LogP contribution in [0.4, 0.5) is 0 Å². The van der Waals surface area contributed by atoms with Crippen LogP contribution in [0.25, 0.3) is 0 Å². The summed E-state index contributed by atoms with van der Waals surface area (Å²) in [7, 11) is 0. The molecular weight excluding hydrogens is 262 g/mol. The maximum absolute atomic E-state index is 12.4. The van der Waals surface area contributed by atoms with Gasteiger partial charge in [0, 0.05) is 13.1 Å². The molecule has 0 radical (unpaired) electrons. The van der Waals surface area contributed by atoms with E-state index in [1.165, 1.54) is 0 Å². The molecule has 1 unspecified atom stereocenters. The zero-order valence-electron chi connectivity index (χ0n) is 13.0. The van der Waals surface area contributed by atoms with E-state index >= 15 is 0 Å². The first-order chi connectivity index (χ1) is 10.1. The van der Waals surface area contributed by atoms with Gasteiger partial charge in [-0.25, -0.2) is 0 Å². The van der Waals surface area contributed by atoms with Crippen LogP contribution in [0, 0.1) is 11.3 Å². The van der Waals surface area contributed by atoms with Gasteiger partial charge in [-0.1, -0.05) is 38.8 Å². The fraction of sp³-hybridized carbons (Fsp3) is 0.529. The van der Waals surface area contributed by atoms with Crippen LogP contribution in [-0.4, -0.2) is 23.4 Å². The molecule has 0 spiro atoms. The molecule has 0 aliphatic carbocycles. The maximum atomic E-state index is 12.4. The summed E-state index contributed by atoms with van der Waals surface area (Å²) >= 11 is 0.